The Morgan fingerprint density at radius 2 is 2.00 bits per heavy atom. The van der Waals surface area contributed by atoms with Gasteiger partial charge in [0.05, 0.1) is 6.10 Å². The van der Waals surface area contributed by atoms with Gasteiger partial charge in [0.15, 0.2) is 0 Å². The van der Waals surface area contributed by atoms with Gasteiger partial charge in [-0.25, -0.2) is 0 Å². The van der Waals surface area contributed by atoms with Crippen LogP contribution in [0, 0.1) is 22.7 Å². The summed E-state index contributed by atoms with van der Waals surface area (Å²) in [6, 6.07) is 0. The van der Waals surface area contributed by atoms with E-state index in [0.29, 0.717) is 16.7 Å². The lowest BCUT2D eigenvalue weighted by Crippen LogP contribution is -2.49. The molecule has 0 spiro atoms. The molecule has 4 atom stereocenters. The van der Waals surface area contributed by atoms with Crippen LogP contribution in [0.4, 0.5) is 0 Å². The van der Waals surface area contributed by atoms with Crippen molar-refractivity contribution >= 4 is 0 Å². The molecule has 19 heavy (non-hydrogen) atoms. The van der Waals surface area contributed by atoms with Gasteiger partial charge in [-0.15, -0.1) is 0 Å². The van der Waals surface area contributed by atoms with Gasteiger partial charge in [-0.3, -0.25) is 0 Å². The fraction of sp³-hybridized carbons (Fsp3) is 0.889. The van der Waals surface area contributed by atoms with E-state index in [2.05, 4.69) is 27.4 Å². The Bertz CT molecular complexity index is 342. The Labute approximate surface area is 119 Å². The molecule has 0 unspecified atom stereocenters. The highest BCUT2D eigenvalue weighted by molar-refractivity contribution is 5.15. The zero-order valence-electron chi connectivity index (χ0n) is 13.3. The van der Waals surface area contributed by atoms with Crippen LogP contribution in [0.3, 0.4) is 0 Å². The molecule has 0 amide bonds. The maximum atomic E-state index is 9.62. The van der Waals surface area contributed by atoms with E-state index in [0.717, 1.165) is 18.8 Å². The van der Waals surface area contributed by atoms with E-state index < -0.39 is 0 Å². The van der Waals surface area contributed by atoms with Gasteiger partial charge in [0.25, 0.3) is 0 Å². The van der Waals surface area contributed by atoms with Gasteiger partial charge >= 0.3 is 0 Å². The maximum absolute atomic E-state index is 9.62. The first-order valence-corrected chi connectivity index (χ1v) is 8.13. The van der Waals surface area contributed by atoms with Crippen LogP contribution in [-0.2, 0) is 0 Å². The SMILES string of the molecule is C=C1CC[C@H]2C(C)(C)CCC[C@]2(C)[C@H]1CC[C@@H](C)O. The van der Waals surface area contributed by atoms with Crippen molar-refractivity contribution < 1.29 is 5.11 Å². The largest absolute Gasteiger partial charge is 0.393 e. The van der Waals surface area contributed by atoms with Crippen LogP contribution >= 0.6 is 0 Å². The molecule has 0 bridgehead atoms. The lowest BCUT2D eigenvalue weighted by molar-refractivity contribution is -0.0563. The van der Waals surface area contributed by atoms with Gasteiger partial charge in [-0.05, 0) is 68.1 Å². The van der Waals surface area contributed by atoms with Gasteiger partial charge in [0.2, 0.25) is 0 Å². The number of rotatable bonds is 3. The first-order chi connectivity index (χ1) is 8.77. The first-order valence-electron chi connectivity index (χ1n) is 8.13. The molecule has 1 nitrogen and oxygen atoms in total. The van der Waals surface area contributed by atoms with E-state index in [1.807, 2.05) is 6.92 Å². The second kappa shape index (κ2) is 5.24. The lowest BCUT2D eigenvalue weighted by Gasteiger charge is -2.58. The fourth-order valence-corrected chi connectivity index (χ4v) is 5.22. The number of allylic oxidation sites excluding steroid dienone is 1. The third-order valence-corrected chi connectivity index (χ3v) is 6.19. The molecule has 2 saturated carbocycles. The molecule has 0 aromatic rings. The van der Waals surface area contributed by atoms with E-state index >= 15 is 0 Å². The highest BCUT2D eigenvalue weighted by Crippen LogP contribution is 2.61. The Morgan fingerprint density at radius 1 is 1.32 bits per heavy atom. The molecule has 2 rings (SSSR count). The van der Waals surface area contributed by atoms with Crippen LogP contribution in [0.25, 0.3) is 0 Å². The predicted octanol–water partition coefficient (Wildman–Crippen LogP) is 4.95. The highest BCUT2D eigenvalue weighted by atomic mass is 16.3. The summed E-state index contributed by atoms with van der Waals surface area (Å²) in [6.07, 6.45) is 8.49. The number of hydrogen-bond acceptors (Lipinski definition) is 1. The summed E-state index contributed by atoms with van der Waals surface area (Å²) in [5.41, 5.74) is 2.36. The van der Waals surface area contributed by atoms with Gasteiger partial charge in [-0.2, -0.15) is 0 Å². The summed E-state index contributed by atoms with van der Waals surface area (Å²) in [6.45, 7) is 13.7. The molecule has 2 aliphatic carbocycles. The van der Waals surface area contributed by atoms with E-state index in [1.54, 1.807) is 0 Å². The van der Waals surface area contributed by atoms with E-state index in [4.69, 9.17) is 0 Å². The molecule has 0 heterocycles. The Kier molecular flexibility index (Phi) is 4.16. The normalized spacial score (nSPS) is 39.7. The molecule has 2 aliphatic rings. The molecule has 0 aromatic heterocycles. The molecule has 0 aromatic carbocycles. The van der Waals surface area contributed by atoms with Gasteiger partial charge < -0.3 is 5.11 Å². The van der Waals surface area contributed by atoms with Gasteiger partial charge in [-0.1, -0.05) is 39.3 Å². The van der Waals surface area contributed by atoms with Crippen molar-refractivity contribution in [1.82, 2.24) is 0 Å². The van der Waals surface area contributed by atoms with Crippen molar-refractivity contribution in [1.29, 1.82) is 0 Å². The predicted molar refractivity (Wildman–Crippen MR) is 82.0 cm³/mol. The van der Waals surface area contributed by atoms with Crippen LogP contribution in [0.15, 0.2) is 12.2 Å². The average Bonchev–Trinajstić information content (AvgIpc) is 2.26. The third kappa shape index (κ3) is 2.77. The molecular formula is C18H32O. The maximum Gasteiger partial charge on any atom is 0.0512 e. The van der Waals surface area contributed by atoms with Crippen molar-refractivity contribution in [3.05, 3.63) is 12.2 Å². The average molecular weight is 264 g/mol. The molecule has 1 heteroatoms. The zero-order chi connectivity index (χ0) is 14.3. The lowest BCUT2D eigenvalue weighted by atomic mass is 9.47. The monoisotopic (exact) mass is 264 g/mol. The van der Waals surface area contributed by atoms with E-state index in [1.165, 1.54) is 37.7 Å². The van der Waals surface area contributed by atoms with Crippen molar-refractivity contribution in [2.45, 2.75) is 78.7 Å². The number of hydrogen-bond donors (Lipinski definition) is 1. The van der Waals surface area contributed by atoms with Gasteiger partial charge in [0.1, 0.15) is 0 Å². The Balaban J connectivity index is 2.22. The minimum Gasteiger partial charge on any atom is -0.393 e. The molecule has 110 valence electrons. The molecular weight excluding hydrogens is 232 g/mol. The summed E-state index contributed by atoms with van der Waals surface area (Å²) < 4.78 is 0. The summed E-state index contributed by atoms with van der Waals surface area (Å²) in [5.74, 6) is 1.46. The summed E-state index contributed by atoms with van der Waals surface area (Å²) >= 11 is 0. The van der Waals surface area contributed by atoms with E-state index in [-0.39, 0.29) is 6.10 Å². The number of aliphatic hydroxyl groups excluding tert-OH is 1. The highest BCUT2D eigenvalue weighted by Gasteiger charge is 2.52. The van der Waals surface area contributed by atoms with Crippen LogP contribution in [0.5, 0.6) is 0 Å². The Morgan fingerprint density at radius 3 is 2.63 bits per heavy atom. The summed E-state index contributed by atoms with van der Waals surface area (Å²) in [5, 5.41) is 9.62. The topological polar surface area (TPSA) is 20.2 Å². The van der Waals surface area contributed by atoms with E-state index in [9.17, 15) is 5.11 Å². The number of aliphatic hydroxyl groups is 1. The van der Waals surface area contributed by atoms with Crippen molar-refractivity contribution in [2.24, 2.45) is 22.7 Å². The van der Waals surface area contributed by atoms with Crippen LogP contribution in [-0.4, -0.2) is 11.2 Å². The molecule has 0 aliphatic heterocycles. The van der Waals surface area contributed by atoms with Crippen LogP contribution in [0.1, 0.15) is 72.6 Å². The van der Waals surface area contributed by atoms with Crippen molar-refractivity contribution in [3.63, 3.8) is 0 Å². The summed E-state index contributed by atoms with van der Waals surface area (Å²) in [7, 11) is 0. The molecule has 0 saturated heterocycles. The molecule has 2 fully saturated rings. The molecule has 0 radical (unpaired) electrons. The first kappa shape index (κ1) is 15.1. The standard InChI is InChI=1S/C18H32O/c1-13-7-10-16-17(3,4)11-6-12-18(16,5)15(13)9-8-14(2)19/h14-16,19H,1,6-12H2,2-5H3/t14-,15+,16+,18-/m1/s1. The van der Waals surface area contributed by atoms with Crippen molar-refractivity contribution in [3.8, 4) is 0 Å². The molecule has 1 N–H and O–H groups in total. The number of fused-ring (bicyclic) bond motifs is 1. The minimum absolute atomic E-state index is 0.173. The van der Waals surface area contributed by atoms with Crippen LogP contribution < -0.4 is 0 Å². The zero-order valence-corrected chi connectivity index (χ0v) is 13.3. The van der Waals surface area contributed by atoms with Crippen molar-refractivity contribution in [2.75, 3.05) is 0 Å². The third-order valence-electron chi connectivity index (χ3n) is 6.19. The Hall–Kier alpha value is -0.300. The quantitative estimate of drug-likeness (QED) is 0.715. The van der Waals surface area contributed by atoms with Gasteiger partial charge in [0, 0.05) is 0 Å². The smallest absolute Gasteiger partial charge is 0.0512 e. The fourth-order valence-electron chi connectivity index (χ4n) is 5.22. The second-order valence-corrected chi connectivity index (χ2v) is 8.08. The summed E-state index contributed by atoms with van der Waals surface area (Å²) in [4.78, 5) is 0. The minimum atomic E-state index is -0.173. The second-order valence-electron chi connectivity index (χ2n) is 8.08. The van der Waals surface area contributed by atoms with Crippen LogP contribution in [0.2, 0.25) is 0 Å².